The number of piperidine rings is 1. The average molecular weight is 329 g/mol. The van der Waals surface area contributed by atoms with Gasteiger partial charge >= 0.3 is 12.3 Å². The molecule has 1 amide bonds. The molecule has 8 heteroatoms. The van der Waals surface area contributed by atoms with Crippen LogP contribution >= 0.6 is 0 Å². The molecule has 0 radical (unpaired) electrons. The molecule has 23 heavy (non-hydrogen) atoms. The maximum Gasteiger partial charge on any atom is 0.433 e. The average Bonchev–Trinajstić information content (AvgIpc) is 2.92. The van der Waals surface area contributed by atoms with Crippen LogP contribution in [0.2, 0.25) is 0 Å². The Hall–Kier alpha value is -1.99. The van der Waals surface area contributed by atoms with Crippen molar-refractivity contribution in [1.82, 2.24) is 9.88 Å². The topological polar surface area (TPSA) is 56.7 Å². The summed E-state index contributed by atoms with van der Waals surface area (Å²) in [6.07, 6.45) is -1.74. The van der Waals surface area contributed by atoms with E-state index >= 15 is 0 Å². The van der Waals surface area contributed by atoms with Gasteiger partial charge < -0.3 is 14.9 Å². The highest BCUT2D eigenvalue weighted by molar-refractivity contribution is 5.65. The SMILES string of the molecule is O=C(O)N1CCC2(CCN(c3ccnc(C(F)(F)F)c3)CC2)C1. The van der Waals surface area contributed by atoms with Crippen molar-refractivity contribution in [2.45, 2.75) is 25.4 Å². The van der Waals surface area contributed by atoms with Crippen molar-refractivity contribution in [3.05, 3.63) is 24.0 Å². The number of hydrogen-bond acceptors (Lipinski definition) is 3. The third kappa shape index (κ3) is 3.20. The largest absolute Gasteiger partial charge is 0.465 e. The zero-order valence-corrected chi connectivity index (χ0v) is 12.5. The molecule has 1 aromatic rings. The molecule has 0 bridgehead atoms. The normalized spacial score (nSPS) is 21.0. The number of aromatic nitrogens is 1. The molecular formula is C15H18F3N3O2. The smallest absolute Gasteiger partial charge is 0.433 e. The molecule has 2 saturated heterocycles. The van der Waals surface area contributed by atoms with Crippen molar-refractivity contribution >= 4 is 11.8 Å². The van der Waals surface area contributed by atoms with Crippen LogP contribution in [0.5, 0.6) is 0 Å². The Morgan fingerprint density at radius 2 is 1.87 bits per heavy atom. The van der Waals surface area contributed by atoms with Crippen molar-refractivity contribution in [2.75, 3.05) is 31.1 Å². The molecule has 2 aliphatic heterocycles. The monoisotopic (exact) mass is 329 g/mol. The van der Waals surface area contributed by atoms with Gasteiger partial charge in [-0.15, -0.1) is 0 Å². The van der Waals surface area contributed by atoms with Gasteiger partial charge in [-0.3, -0.25) is 4.98 Å². The van der Waals surface area contributed by atoms with Gasteiger partial charge in [0.25, 0.3) is 0 Å². The van der Waals surface area contributed by atoms with Crippen molar-refractivity contribution in [3.63, 3.8) is 0 Å². The molecule has 0 saturated carbocycles. The van der Waals surface area contributed by atoms with E-state index in [4.69, 9.17) is 5.11 Å². The van der Waals surface area contributed by atoms with E-state index < -0.39 is 18.0 Å². The highest BCUT2D eigenvalue weighted by atomic mass is 19.4. The van der Waals surface area contributed by atoms with E-state index in [0.29, 0.717) is 31.9 Å². The van der Waals surface area contributed by atoms with Crippen LogP contribution in [0.25, 0.3) is 0 Å². The fourth-order valence-corrected chi connectivity index (χ4v) is 3.52. The van der Waals surface area contributed by atoms with Gasteiger partial charge in [0.1, 0.15) is 5.69 Å². The molecule has 5 nitrogen and oxygen atoms in total. The third-order valence-corrected chi connectivity index (χ3v) is 4.93. The maximum atomic E-state index is 12.8. The number of carbonyl (C=O) groups is 1. The second-order valence-corrected chi connectivity index (χ2v) is 6.34. The predicted octanol–water partition coefficient (Wildman–Crippen LogP) is 3.07. The summed E-state index contributed by atoms with van der Waals surface area (Å²) in [5.74, 6) is 0. The minimum Gasteiger partial charge on any atom is -0.465 e. The Bertz CT molecular complexity index is 598. The first-order valence-electron chi connectivity index (χ1n) is 7.55. The van der Waals surface area contributed by atoms with E-state index in [0.717, 1.165) is 25.3 Å². The van der Waals surface area contributed by atoms with Crippen LogP contribution in [0.1, 0.15) is 25.0 Å². The summed E-state index contributed by atoms with van der Waals surface area (Å²) in [4.78, 5) is 17.8. The van der Waals surface area contributed by atoms with Gasteiger partial charge in [-0.25, -0.2) is 4.79 Å². The second-order valence-electron chi connectivity index (χ2n) is 6.34. The maximum absolute atomic E-state index is 12.8. The van der Waals surface area contributed by atoms with Crippen LogP contribution in [-0.4, -0.2) is 47.3 Å². The van der Waals surface area contributed by atoms with Gasteiger partial charge in [0.05, 0.1) is 0 Å². The number of likely N-dealkylation sites (tertiary alicyclic amines) is 1. The van der Waals surface area contributed by atoms with Crippen LogP contribution in [-0.2, 0) is 6.18 Å². The van der Waals surface area contributed by atoms with E-state index in [9.17, 15) is 18.0 Å². The molecule has 1 N–H and O–H groups in total. The molecule has 2 fully saturated rings. The highest BCUT2D eigenvalue weighted by Gasteiger charge is 2.42. The number of anilines is 1. The summed E-state index contributed by atoms with van der Waals surface area (Å²) in [6, 6.07) is 2.67. The van der Waals surface area contributed by atoms with Crippen molar-refractivity contribution in [1.29, 1.82) is 0 Å². The van der Waals surface area contributed by atoms with Gasteiger partial charge in [0.15, 0.2) is 0 Å². The fraction of sp³-hybridized carbons (Fsp3) is 0.600. The van der Waals surface area contributed by atoms with E-state index in [2.05, 4.69) is 4.98 Å². The van der Waals surface area contributed by atoms with Crippen molar-refractivity contribution in [2.24, 2.45) is 5.41 Å². The summed E-state index contributed by atoms with van der Waals surface area (Å²) >= 11 is 0. The highest BCUT2D eigenvalue weighted by Crippen LogP contribution is 2.41. The number of rotatable bonds is 1. The van der Waals surface area contributed by atoms with Gasteiger partial charge in [0, 0.05) is 38.1 Å². The molecule has 1 spiro atoms. The Kier molecular flexibility index (Phi) is 3.85. The van der Waals surface area contributed by atoms with E-state index in [1.54, 1.807) is 6.07 Å². The first-order valence-corrected chi connectivity index (χ1v) is 7.55. The number of nitrogens with zero attached hydrogens (tertiary/aromatic N) is 3. The van der Waals surface area contributed by atoms with Gasteiger partial charge in [-0.05, 0) is 36.8 Å². The molecule has 3 rings (SSSR count). The van der Waals surface area contributed by atoms with Crippen LogP contribution in [0.15, 0.2) is 18.3 Å². The van der Waals surface area contributed by atoms with Crippen molar-refractivity contribution in [3.8, 4) is 0 Å². The molecule has 1 aromatic heterocycles. The Labute approximate surface area is 131 Å². The summed E-state index contributed by atoms with van der Waals surface area (Å²) in [6.45, 7) is 2.34. The lowest BCUT2D eigenvalue weighted by atomic mass is 9.77. The Morgan fingerprint density at radius 3 is 2.43 bits per heavy atom. The predicted molar refractivity (Wildman–Crippen MR) is 77.3 cm³/mol. The van der Waals surface area contributed by atoms with Gasteiger partial charge in [-0.1, -0.05) is 0 Å². The van der Waals surface area contributed by atoms with E-state index in [-0.39, 0.29) is 5.41 Å². The molecule has 0 aliphatic carbocycles. The number of hydrogen-bond donors (Lipinski definition) is 1. The first-order chi connectivity index (χ1) is 10.8. The van der Waals surface area contributed by atoms with Crippen LogP contribution in [0.4, 0.5) is 23.7 Å². The Morgan fingerprint density at radius 1 is 1.22 bits per heavy atom. The minimum absolute atomic E-state index is 0.0191. The van der Waals surface area contributed by atoms with E-state index in [1.165, 1.54) is 11.1 Å². The first kappa shape index (κ1) is 15.9. The summed E-state index contributed by atoms with van der Waals surface area (Å²) < 4.78 is 38.3. The molecule has 0 aromatic carbocycles. The second kappa shape index (κ2) is 5.58. The molecule has 2 aliphatic rings. The lowest BCUT2D eigenvalue weighted by Gasteiger charge is -2.40. The van der Waals surface area contributed by atoms with E-state index in [1.807, 2.05) is 4.90 Å². The summed E-state index contributed by atoms with van der Waals surface area (Å²) in [5, 5.41) is 9.07. The molecule has 126 valence electrons. The minimum atomic E-state index is -4.44. The summed E-state index contributed by atoms with van der Waals surface area (Å²) in [7, 11) is 0. The fourth-order valence-electron chi connectivity index (χ4n) is 3.52. The molecular weight excluding hydrogens is 311 g/mol. The number of alkyl halides is 3. The van der Waals surface area contributed by atoms with Crippen LogP contribution in [0.3, 0.4) is 0 Å². The molecule has 3 heterocycles. The zero-order chi connectivity index (χ0) is 16.7. The molecule has 0 atom stereocenters. The number of amides is 1. The van der Waals surface area contributed by atoms with Crippen LogP contribution < -0.4 is 4.90 Å². The Balaban J connectivity index is 1.67. The third-order valence-electron chi connectivity index (χ3n) is 4.93. The quantitative estimate of drug-likeness (QED) is 0.860. The number of pyridine rings is 1. The van der Waals surface area contributed by atoms with Gasteiger partial charge in [0.2, 0.25) is 0 Å². The summed E-state index contributed by atoms with van der Waals surface area (Å²) in [5.41, 5.74) is -0.377. The lowest BCUT2D eigenvalue weighted by Crippen LogP contribution is -2.42. The van der Waals surface area contributed by atoms with Crippen molar-refractivity contribution < 1.29 is 23.1 Å². The standard InChI is InChI=1S/C15H18F3N3O2/c16-15(17,18)12-9-11(1-5-19-12)20-6-2-14(3-7-20)4-8-21(10-14)13(22)23/h1,5,9H,2-4,6-8,10H2,(H,22,23). The number of halogens is 3. The zero-order valence-electron chi connectivity index (χ0n) is 12.5. The number of carboxylic acid groups (broad SMARTS) is 1. The van der Waals surface area contributed by atoms with Crippen LogP contribution in [0, 0.1) is 5.41 Å². The van der Waals surface area contributed by atoms with Gasteiger partial charge in [-0.2, -0.15) is 13.2 Å². The molecule has 0 unspecified atom stereocenters. The lowest BCUT2D eigenvalue weighted by molar-refractivity contribution is -0.141.